The molecule has 0 heterocycles. The van der Waals surface area contributed by atoms with Crippen LogP contribution in [-0.4, -0.2) is 34.7 Å². The van der Waals surface area contributed by atoms with Crippen molar-refractivity contribution in [1.29, 1.82) is 0 Å². The molecule has 0 bridgehead atoms. The zero-order valence-corrected chi connectivity index (χ0v) is 15.5. The molecule has 6 nitrogen and oxygen atoms in total. The van der Waals surface area contributed by atoms with E-state index in [1.54, 1.807) is 31.4 Å². The number of nitrogens with one attached hydrogen (secondary N) is 1. The van der Waals surface area contributed by atoms with Crippen molar-refractivity contribution in [3.63, 3.8) is 0 Å². The molecular formula is C18H22N2O4S. The minimum Gasteiger partial charge on any atom is -0.496 e. The summed E-state index contributed by atoms with van der Waals surface area (Å²) >= 11 is 0. The first-order valence-electron chi connectivity index (χ1n) is 7.72. The summed E-state index contributed by atoms with van der Waals surface area (Å²) in [6, 6.07) is 13.7. The zero-order chi connectivity index (χ0) is 18.6. The number of anilines is 1. The number of sulfonamides is 1. The van der Waals surface area contributed by atoms with E-state index in [0.717, 1.165) is 16.1 Å². The smallest absolute Gasteiger partial charge is 0.253 e. The first kappa shape index (κ1) is 18.8. The number of nitrogens with zero attached hydrogens (tertiary/aromatic N) is 1. The molecule has 2 aromatic carbocycles. The number of carbonyl (C=O) groups excluding carboxylic acids is 1. The van der Waals surface area contributed by atoms with Gasteiger partial charge in [-0.3, -0.25) is 9.10 Å². The fraction of sp³-hybridized carbons (Fsp3) is 0.278. The molecule has 0 saturated heterocycles. The van der Waals surface area contributed by atoms with Crippen molar-refractivity contribution in [1.82, 2.24) is 5.32 Å². The lowest BCUT2D eigenvalue weighted by molar-refractivity contribution is 0.0940. The summed E-state index contributed by atoms with van der Waals surface area (Å²) in [6.07, 6.45) is 1.10. The highest BCUT2D eigenvalue weighted by Crippen LogP contribution is 2.26. The second kappa shape index (κ2) is 7.57. The van der Waals surface area contributed by atoms with Crippen LogP contribution < -0.4 is 14.4 Å². The minimum absolute atomic E-state index is 0.289. The van der Waals surface area contributed by atoms with E-state index >= 15 is 0 Å². The Morgan fingerprint density at radius 1 is 1.12 bits per heavy atom. The number of para-hydroxylation sites is 2. The summed E-state index contributed by atoms with van der Waals surface area (Å²) in [5.41, 5.74) is 1.46. The Kier molecular flexibility index (Phi) is 5.69. The van der Waals surface area contributed by atoms with E-state index in [1.165, 1.54) is 7.05 Å². The van der Waals surface area contributed by atoms with Crippen LogP contribution in [0.25, 0.3) is 0 Å². The van der Waals surface area contributed by atoms with E-state index in [4.69, 9.17) is 4.74 Å². The Labute approximate surface area is 148 Å². The van der Waals surface area contributed by atoms with Gasteiger partial charge in [-0.1, -0.05) is 30.3 Å². The van der Waals surface area contributed by atoms with Crippen LogP contribution in [0.4, 0.5) is 5.69 Å². The van der Waals surface area contributed by atoms with Gasteiger partial charge >= 0.3 is 0 Å². The molecule has 0 aromatic heterocycles. The van der Waals surface area contributed by atoms with Crippen molar-refractivity contribution in [2.45, 2.75) is 13.0 Å². The minimum atomic E-state index is -3.47. The van der Waals surface area contributed by atoms with Crippen molar-refractivity contribution in [3.8, 4) is 5.75 Å². The van der Waals surface area contributed by atoms with Crippen molar-refractivity contribution in [2.24, 2.45) is 0 Å². The van der Waals surface area contributed by atoms with Gasteiger partial charge in [0.1, 0.15) is 5.75 Å². The average Bonchev–Trinajstić information content (AvgIpc) is 2.60. The molecule has 1 unspecified atom stereocenters. The van der Waals surface area contributed by atoms with E-state index < -0.39 is 10.0 Å². The molecule has 25 heavy (non-hydrogen) atoms. The van der Waals surface area contributed by atoms with Crippen LogP contribution in [0, 0.1) is 0 Å². The lowest BCUT2D eigenvalue weighted by Gasteiger charge is -2.22. The fourth-order valence-electron chi connectivity index (χ4n) is 2.50. The van der Waals surface area contributed by atoms with Gasteiger partial charge in [0.05, 0.1) is 30.7 Å². The van der Waals surface area contributed by atoms with Crippen LogP contribution in [0.1, 0.15) is 28.9 Å². The molecule has 0 saturated carbocycles. The summed E-state index contributed by atoms with van der Waals surface area (Å²) < 4.78 is 30.0. The van der Waals surface area contributed by atoms with Crippen LogP contribution in [0.5, 0.6) is 5.75 Å². The summed E-state index contributed by atoms with van der Waals surface area (Å²) in [4.78, 5) is 12.7. The topological polar surface area (TPSA) is 75.7 Å². The van der Waals surface area contributed by atoms with Gasteiger partial charge in [0.2, 0.25) is 10.0 Å². The number of hydrogen-bond donors (Lipinski definition) is 1. The molecule has 0 radical (unpaired) electrons. The zero-order valence-electron chi connectivity index (χ0n) is 14.7. The van der Waals surface area contributed by atoms with Crippen molar-refractivity contribution in [3.05, 3.63) is 59.7 Å². The summed E-state index contributed by atoms with van der Waals surface area (Å²) in [5, 5.41) is 2.89. The Morgan fingerprint density at radius 2 is 1.72 bits per heavy atom. The maximum atomic E-state index is 12.7. The standard InChI is InChI=1S/C18H22N2O4S/c1-13(14-9-6-8-12-17(14)24-3)19-18(21)15-10-5-7-11-16(15)20(2)25(4,22)23/h5-13H,1-4H3,(H,19,21). The third-order valence-electron chi connectivity index (χ3n) is 3.94. The molecule has 2 rings (SSSR count). The van der Waals surface area contributed by atoms with Gasteiger partial charge in [0, 0.05) is 12.6 Å². The van der Waals surface area contributed by atoms with Crippen molar-refractivity contribution in [2.75, 3.05) is 24.7 Å². The van der Waals surface area contributed by atoms with Gasteiger partial charge in [-0.25, -0.2) is 8.42 Å². The molecule has 1 N–H and O–H groups in total. The van der Waals surface area contributed by atoms with Crippen molar-refractivity contribution >= 4 is 21.6 Å². The molecular weight excluding hydrogens is 340 g/mol. The molecule has 7 heteroatoms. The summed E-state index contributed by atoms with van der Waals surface area (Å²) in [7, 11) is -0.475. The molecule has 1 atom stereocenters. The maximum Gasteiger partial charge on any atom is 0.253 e. The predicted octanol–water partition coefficient (Wildman–Crippen LogP) is 2.58. The third-order valence-corrected chi connectivity index (χ3v) is 5.13. The number of benzene rings is 2. The third kappa shape index (κ3) is 4.30. The van der Waals surface area contributed by atoms with E-state index in [1.807, 2.05) is 31.2 Å². The molecule has 134 valence electrons. The van der Waals surface area contributed by atoms with Gasteiger partial charge < -0.3 is 10.1 Å². The van der Waals surface area contributed by atoms with Gasteiger partial charge in [0.25, 0.3) is 5.91 Å². The first-order chi connectivity index (χ1) is 11.8. The molecule has 0 aliphatic carbocycles. The Balaban J connectivity index is 2.30. The predicted molar refractivity (Wildman–Crippen MR) is 98.6 cm³/mol. The number of amides is 1. The number of ether oxygens (including phenoxy) is 1. The van der Waals surface area contributed by atoms with Crippen LogP contribution in [0.2, 0.25) is 0 Å². The Hall–Kier alpha value is -2.54. The van der Waals surface area contributed by atoms with E-state index in [9.17, 15) is 13.2 Å². The number of methoxy groups -OCH3 is 1. The summed E-state index contributed by atoms with van der Waals surface area (Å²) in [5.74, 6) is 0.321. The molecule has 2 aromatic rings. The Bertz CT molecular complexity index is 865. The second-order valence-electron chi connectivity index (χ2n) is 5.68. The second-order valence-corrected chi connectivity index (χ2v) is 7.70. The molecule has 1 amide bonds. The highest BCUT2D eigenvalue weighted by molar-refractivity contribution is 7.92. The normalized spacial score (nSPS) is 12.3. The lowest BCUT2D eigenvalue weighted by Crippen LogP contribution is -2.31. The number of hydrogen-bond acceptors (Lipinski definition) is 4. The first-order valence-corrected chi connectivity index (χ1v) is 9.57. The molecule has 0 aliphatic rings. The molecule has 0 fully saturated rings. The number of carbonyl (C=O) groups is 1. The highest BCUT2D eigenvalue weighted by atomic mass is 32.2. The van der Waals surface area contributed by atoms with Crippen molar-refractivity contribution < 1.29 is 17.9 Å². The fourth-order valence-corrected chi connectivity index (χ4v) is 3.01. The largest absolute Gasteiger partial charge is 0.496 e. The van der Waals surface area contributed by atoms with Gasteiger partial charge in [-0.15, -0.1) is 0 Å². The van der Waals surface area contributed by atoms with Crippen LogP contribution in [-0.2, 0) is 10.0 Å². The Morgan fingerprint density at radius 3 is 2.36 bits per heavy atom. The van der Waals surface area contributed by atoms with E-state index in [2.05, 4.69) is 5.32 Å². The maximum absolute atomic E-state index is 12.7. The lowest BCUT2D eigenvalue weighted by atomic mass is 10.1. The van der Waals surface area contributed by atoms with Crippen LogP contribution >= 0.6 is 0 Å². The monoisotopic (exact) mass is 362 g/mol. The van der Waals surface area contributed by atoms with Crippen LogP contribution in [0.3, 0.4) is 0 Å². The van der Waals surface area contributed by atoms with Gasteiger partial charge in [-0.05, 0) is 25.1 Å². The summed E-state index contributed by atoms with van der Waals surface area (Å²) in [6.45, 7) is 1.85. The quantitative estimate of drug-likeness (QED) is 0.857. The SMILES string of the molecule is COc1ccccc1C(C)NC(=O)c1ccccc1N(C)S(C)(=O)=O. The molecule has 0 aliphatic heterocycles. The average molecular weight is 362 g/mol. The number of rotatable bonds is 6. The van der Waals surface area contributed by atoms with Gasteiger partial charge in [0.15, 0.2) is 0 Å². The van der Waals surface area contributed by atoms with E-state index in [0.29, 0.717) is 11.4 Å². The highest BCUT2D eigenvalue weighted by Gasteiger charge is 2.21. The van der Waals surface area contributed by atoms with Gasteiger partial charge in [-0.2, -0.15) is 0 Å². The molecule has 0 spiro atoms. The van der Waals surface area contributed by atoms with Crippen LogP contribution in [0.15, 0.2) is 48.5 Å². The van der Waals surface area contributed by atoms with E-state index in [-0.39, 0.29) is 17.5 Å².